The molecule has 0 heterocycles. The Hall–Kier alpha value is -2.48. The van der Waals surface area contributed by atoms with Crippen molar-refractivity contribution in [1.29, 1.82) is 0 Å². The van der Waals surface area contributed by atoms with Gasteiger partial charge in [0.15, 0.2) is 9.84 Å². The van der Waals surface area contributed by atoms with Crippen molar-refractivity contribution >= 4 is 19.9 Å². The Bertz CT molecular complexity index is 1230. The first-order valence-electron chi connectivity index (χ1n) is 10.5. The lowest BCUT2D eigenvalue weighted by Gasteiger charge is -2.24. The van der Waals surface area contributed by atoms with Crippen LogP contribution in [0.5, 0.6) is 0 Å². The zero-order valence-corrected chi connectivity index (χ0v) is 20.2. The van der Waals surface area contributed by atoms with E-state index in [0.29, 0.717) is 18.7 Å². The lowest BCUT2D eigenvalue weighted by atomic mass is 10.0. The molecule has 0 unspecified atom stereocenters. The first-order chi connectivity index (χ1) is 15.0. The number of benzene rings is 3. The topological polar surface area (TPSA) is 71.5 Å². The highest BCUT2D eigenvalue weighted by molar-refractivity contribution is 7.90. The molecule has 0 spiro atoms. The number of nitrogens with zero attached hydrogens (tertiary/aromatic N) is 1. The van der Waals surface area contributed by atoms with Crippen LogP contribution < -0.4 is 0 Å². The van der Waals surface area contributed by atoms with Gasteiger partial charge in [-0.1, -0.05) is 80.6 Å². The summed E-state index contributed by atoms with van der Waals surface area (Å²) in [5, 5.41) is 0. The van der Waals surface area contributed by atoms with E-state index in [2.05, 4.69) is 0 Å². The van der Waals surface area contributed by atoms with Crippen LogP contribution in [0.25, 0.3) is 11.1 Å². The monoisotopic (exact) mass is 471 g/mol. The van der Waals surface area contributed by atoms with Crippen LogP contribution in [0.2, 0.25) is 0 Å². The Morgan fingerprint density at radius 3 is 1.75 bits per heavy atom. The predicted octanol–water partition coefficient (Wildman–Crippen LogP) is 4.75. The lowest BCUT2D eigenvalue weighted by Crippen LogP contribution is -2.34. The van der Waals surface area contributed by atoms with Crippen molar-refractivity contribution in [2.45, 2.75) is 31.0 Å². The molecular formula is C25H29NO4S2. The van der Waals surface area contributed by atoms with Crippen molar-refractivity contribution in [3.63, 3.8) is 0 Å². The second-order valence-corrected chi connectivity index (χ2v) is 12.4. The molecule has 0 radical (unpaired) electrons. The minimum absolute atomic E-state index is 0.0696. The van der Waals surface area contributed by atoms with Gasteiger partial charge in [-0.05, 0) is 40.3 Å². The van der Waals surface area contributed by atoms with Crippen molar-refractivity contribution in [2.75, 3.05) is 12.8 Å². The number of sulfonamides is 1. The smallest absolute Gasteiger partial charge is 0.218 e. The molecule has 32 heavy (non-hydrogen) atoms. The van der Waals surface area contributed by atoms with Crippen LogP contribution in [0.1, 0.15) is 25.0 Å². The Kier molecular flexibility index (Phi) is 7.54. The van der Waals surface area contributed by atoms with Crippen LogP contribution in [-0.4, -0.2) is 33.9 Å². The van der Waals surface area contributed by atoms with Crippen molar-refractivity contribution < 1.29 is 16.8 Å². The van der Waals surface area contributed by atoms with E-state index in [0.717, 1.165) is 16.7 Å². The number of hydrogen-bond donors (Lipinski definition) is 0. The maximum absolute atomic E-state index is 13.2. The van der Waals surface area contributed by atoms with Crippen molar-refractivity contribution in [3.8, 4) is 11.1 Å². The fourth-order valence-corrected chi connectivity index (χ4v) is 5.76. The van der Waals surface area contributed by atoms with E-state index in [-0.39, 0.29) is 16.6 Å². The van der Waals surface area contributed by atoms with Gasteiger partial charge >= 0.3 is 0 Å². The van der Waals surface area contributed by atoms with E-state index in [1.165, 1.54) is 6.26 Å². The van der Waals surface area contributed by atoms with Crippen LogP contribution in [0.3, 0.4) is 0 Å². The van der Waals surface area contributed by atoms with Gasteiger partial charge in [0.2, 0.25) is 10.0 Å². The highest BCUT2D eigenvalue weighted by Gasteiger charge is 2.23. The third-order valence-electron chi connectivity index (χ3n) is 5.08. The van der Waals surface area contributed by atoms with E-state index in [1.54, 1.807) is 28.6 Å². The van der Waals surface area contributed by atoms with Crippen molar-refractivity contribution in [2.24, 2.45) is 5.92 Å². The third-order valence-corrected chi connectivity index (χ3v) is 7.97. The van der Waals surface area contributed by atoms with Crippen LogP contribution in [0.4, 0.5) is 0 Å². The summed E-state index contributed by atoms with van der Waals surface area (Å²) < 4.78 is 51.2. The van der Waals surface area contributed by atoms with Gasteiger partial charge in [-0.3, -0.25) is 0 Å². The fourth-order valence-electron chi connectivity index (χ4n) is 3.46. The maximum atomic E-state index is 13.2. The minimum Gasteiger partial charge on any atom is -0.224 e. The summed E-state index contributed by atoms with van der Waals surface area (Å²) in [5.74, 6) is 0.144. The first kappa shape index (κ1) is 24.2. The number of hydrogen-bond acceptors (Lipinski definition) is 4. The molecule has 5 nitrogen and oxygen atoms in total. The molecule has 0 aromatic heterocycles. The largest absolute Gasteiger partial charge is 0.224 e. The van der Waals surface area contributed by atoms with Crippen LogP contribution in [0, 0.1) is 5.92 Å². The molecule has 0 bridgehead atoms. The van der Waals surface area contributed by atoms with Gasteiger partial charge < -0.3 is 0 Å². The molecule has 0 N–H and O–H groups in total. The molecule has 0 atom stereocenters. The molecule has 0 aliphatic carbocycles. The van der Waals surface area contributed by atoms with Gasteiger partial charge in [-0.2, -0.15) is 4.31 Å². The zero-order valence-electron chi connectivity index (χ0n) is 18.6. The average Bonchev–Trinajstić information content (AvgIpc) is 2.73. The molecule has 0 saturated carbocycles. The van der Waals surface area contributed by atoms with Gasteiger partial charge in [-0.25, -0.2) is 16.8 Å². The fraction of sp³-hybridized carbons (Fsp3) is 0.280. The van der Waals surface area contributed by atoms with Gasteiger partial charge in [0, 0.05) is 19.3 Å². The third kappa shape index (κ3) is 6.51. The van der Waals surface area contributed by atoms with Gasteiger partial charge in [0.1, 0.15) is 0 Å². The first-order valence-corrected chi connectivity index (χ1v) is 14.0. The second kappa shape index (κ2) is 9.98. The molecule has 0 amide bonds. The van der Waals surface area contributed by atoms with E-state index in [4.69, 9.17) is 0 Å². The number of sulfone groups is 1. The van der Waals surface area contributed by atoms with E-state index >= 15 is 0 Å². The Labute approximate surface area is 191 Å². The van der Waals surface area contributed by atoms with E-state index in [9.17, 15) is 16.8 Å². The summed E-state index contributed by atoms with van der Waals surface area (Å²) in [6.07, 6.45) is 1.18. The summed E-state index contributed by atoms with van der Waals surface area (Å²) in [5.41, 5.74) is 3.44. The molecule has 0 fully saturated rings. The maximum Gasteiger partial charge on any atom is 0.218 e. The van der Waals surface area contributed by atoms with Gasteiger partial charge in [0.25, 0.3) is 0 Å². The molecule has 0 saturated heterocycles. The van der Waals surface area contributed by atoms with Crippen molar-refractivity contribution in [1.82, 2.24) is 4.31 Å². The zero-order chi connectivity index (χ0) is 23.4. The Morgan fingerprint density at radius 2 is 1.25 bits per heavy atom. The normalized spacial score (nSPS) is 12.4. The molecule has 170 valence electrons. The Morgan fingerprint density at radius 1 is 0.719 bits per heavy atom. The summed E-state index contributed by atoms with van der Waals surface area (Å²) in [4.78, 5) is 0.271. The highest BCUT2D eigenvalue weighted by Crippen LogP contribution is 2.23. The second-order valence-electron chi connectivity index (χ2n) is 8.42. The standard InChI is InChI=1S/C25H29NO4S2/c1-20(2)17-26(18-21-7-5-4-6-8-21)32(29,30)19-22-9-11-23(12-10-22)24-13-15-25(16-14-24)31(3,27)28/h4-16,20H,17-19H2,1-3H3. The summed E-state index contributed by atoms with van der Waals surface area (Å²) in [6.45, 7) is 4.84. The molecule has 7 heteroatoms. The molecule has 3 aromatic rings. The van der Waals surface area contributed by atoms with Crippen molar-refractivity contribution in [3.05, 3.63) is 90.0 Å². The molecule has 3 aromatic carbocycles. The highest BCUT2D eigenvalue weighted by atomic mass is 32.2. The van der Waals surface area contributed by atoms with Crippen LogP contribution >= 0.6 is 0 Å². The SMILES string of the molecule is CC(C)CN(Cc1ccccc1)S(=O)(=O)Cc1ccc(-c2ccc(S(C)(=O)=O)cc2)cc1. The van der Waals surface area contributed by atoms with Gasteiger partial charge in [-0.15, -0.1) is 0 Å². The summed E-state index contributed by atoms with van der Waals surface area (Å²) >= 11 is 0. The molecule has 0 aliphatic heterocycles. The Balaban J connectivity index is 1.77. The van der Waals surface area contributed by atoms with Gasteiger partial charge in [0.05, 0.1) is 10.6 Å². The molecular weight excluding hydrogens is 442 g/mol. The molecule has 0 aliphatic rings. The quantitative estimate of drug-likeness (QED) is 0.452. The minimum atomic E-state index is -3.50. The number of rotatable bonds is 9. The summed E-state index contributed by atoms with van der Waals surface area (Å²) in [6, 6.07) is 23.6. The van der Waals surface area contributed by atoms with Crippen LogP contribution in [-0.2, 0) is 32.2 Å². The van der Waals surface area contributed by atoms with E-state index in [1.807, 2.05) is 68.4 Å². The molecule has 3 rings (SSSR count). The van der Waals surface area contributed by atoms with Crippen LogP contribution in [0.15, 0.2) is 83.8 Å². The average molecular weight is 472 g/mol. The predicted molar refractivity (Wildman–Crippen MR) is 129 cm³/mol. The summed E-state index contributed by atoms with van der Waals surface area (Å²) in [7, 11) is -6.74. The lowest BCUT2D eigenvalue weighted by molar-refractivity contribution is 0.361. The van der Waals surface area contributed by atoms with E-state index < -0.39 is 19.9 Å².